The lowest BCUT2D eigenvalue weighted by Crippen LogP contribution is -2.42. The van der Waals surface area contributed by atoms with Crippen molar-refractivity contribution in [2.75, 3.05) is 18.3 Å². The summed E-state index contributed by atoms with van der Waals surface area (Å²) in [5.41, 5.74) is 0.229. The van der Waals surface area contributed by atoms with Crippen LogP contribution in [0.5, 0.6) is 0 Å². The number of ketones is 1. The molecule has 5 nitrogen and oxygen atoms in total. The summed E-state index contributed by atoms with van der Waals surface area (Å²) in [7, 11) is -2.16. The highest BCUT2D eigenvalue weighted by molar-refractivity contribution is 8.01. The van der Waals surface area contributed by atoms with Gasteiger partial charge in [0.2, 0.25) is 0 Å². The first-order valence-electron chi connectivity index (χ1n) is 7.01. The molecule has 21 heavy (non-hydrogen) atoms. The Kier molecular flexibility index (Phi) is 7.30. The van der Waals surface area contributed by atoms with Crippen LogP contribution < -0.4 is 5.32 Å². The predicted molar refractivity (Wildman–Crippen MR) is 88.5 cm³/mol. The quantitative estimate of drug-likeness (QED) is 0.557. The zero-order chi connectivity index (χ0) is 16.8. The van der Waals surface area contributed by atoms with Gasteiger partial charge in [-0.1, -0.05) is 12.2 Å². The molecule has 0 bridgehead atoms. The summed E-state index contributed by atoms with van der Waals surface area (Å²) in [6, 6.07) is -0.607. The van der Waals surface area contributed by atoms with Gasteiger partial charge in [0.1, 0.15) is 5.60 Å². The number of hydrogen-bond acceptors (Lipinski definition) is 4. The minimum atomic E-state index is -2.16. The molecule has 0 saturated heterocycles. The molecule has 0 aromatic heterocycles. The van der Waals surface area contributed by atoms with Crippen LogP contribution in [0.3, 0.4) is 0 Å². The third kappa shape index (κ3) is 11.2. The summed E-state index contributed by atoms with van der Waals surface area (Å²) in [5.74, 6) is 0.328. The van der Waals surface area contributed by atoms with E-state index in [0.717, 1.165) is 5.57 Å². The average molecular weight is 319 g/mol. The van der Waals surface area contributed by atoms with Crippen molar-refractivity contribution in [2.24, 2.45) is 0 Å². The van der Waals surface area contributed by atoms with E-state index in [-0.39, 0.29) is 5.78 Å². The number of amides is 1. The maximum absolute atomic E-state index is 11.7. The molecule has 0 spiro atoms. The second-order valence-corrected chi connectivity index (χ2v) is 10.3. The molecule has 1 atom stereocenters. The minimum Gasteiger partial charge on any atom is -0.444 e. The van der Waals surface area contributed by atoms with Crippen LogP contribution in [-0.4, -0.2) is 46.0 Å². The fraction of sp³-hybridized carbons (Fsp3) is 0.733. The molecule has 0 aromatic carbocycles. The maximum Gasteiger partial charge on any atom is 0.408 e. The average Bonchev–Trinajstić information content (AvgIpc) is 2.18. The third-order valence-electron chi connectivity index (χ3n) is 2.57. The summed E-state index contributed by atoms with van der Waals surface area (Å²) in [4.78, 5) is 23.3. The molecule has 0 radical (unpaired) electrons. The van der Waals surface area contributed by atoms with E-state index in [1.807, 2.05) is 0 Å². The van der Waals surface area contributed by atoms with Crippen molar-refractivity contribution < 1.29 is 18.5 Å². The van der Waals surface area contributed by atoms with Crippen molar-refractivity contribution in [2.45, 2.75) is 52.2 Å². The van der Waals surface area contributed by atoms with Gasteiger partial charge in [-0.3, -0.25) is 9.00 Å². The van der Waals surface area contributed by atoms with Crippen molar-refractivity contribution >= 4 is 21.8 Å². The second-order valence-electron chi connectivity index (χ2n) is 6.83. The number of carbonyl (C=O) groups is 2. The van der Waals surface area contributed by atoms with Crippen molar-refractivity contribution in [3.05, 3.63) is 12.2 Å². The van der Waals surface area contributed by atoms with Gasteiger partial charge in [-0.05, 0) is 53.0 Å². The van der Waals surface area contributed by atoms with Gasteiger partial charge in [0.15, 0.2) is 5.78 Å². The predicted octanol–water partition coefficient (Wildman–Crippen LogP) is 2.08. The van der Waals surface area contributed by atoms with E-state index in [1.54, 1.807) is 33.3 Å². The Bertz CT molecular complexity index is 445. The molecule has 0 fully saturated rings. The van der Waals surface area contributed by atoms with Crippen molar-refractivity contribution in [3.8, 4) is 0 Å². The maximum atomic E-state index is 11.7. The van der Waals surface area contributed by atoms with Gasteiger partial charge in [-0.15, -0.1) is 9.93 Å². The van der Waals surface area contributed by atoms with Crippen LogP contribution in [0.2, 0.25) is 0 Å². The topological polar surface area (TPSA) is 72.5 Å². The number of rotatable bonds is 7. The molecule has 6 heteroatoms. The molecule has 0 aromatic rings. The number of ether oxygens (including phenoxy) is 1. The lowest BCUT2D eigenvalue weighted by atomic mass is 10.0. The molecule has 124 valence electrons. The van der Waals surface area contributed by atoms with Crippen LogP contribution in [0.1, 0.15) is 40.5 Å². The number of Topliss-reactive ketones (excluding diaryl/α,β-unsaturated/α-hetero) is 1. The summed E-state index contributed by atoms with van der Waals surface area (Å²) in [6.45, 7) is 10.6. The number of hydrogen-bond donors (Lipinski definition) is 2. The van der Waals surface area contributed by atoms with Gasteiger partial charge in [-0.25, -0.2) is 4.79 Å². The van der Waals surface area contributed by atoms with Crippen molar-refractivity contribution in [3.63, 3.8) is 0 Å². The Morgan fingerprint density at radius 3 is 2.19 bits per heavy atom. The lowest BCUT2D eigenvalue weighted by Gasteiger charge is -2.23. The first kappa shape index (κ1) is 19.8. The van der Waals surface area contributed by atoms with Crippen molar-refractivity contribution in [1.82, 2.24) is 5.32 Å². The van der Waals surface area contributed by atoms with E-state index < -0.39 is 27.7 Å². The van der Waals surface area contributed by atoms with Gasteiger partial charge in [-0.2, -0.15) is 0 Å². The minimum absolute atomic E-state index is 0.134. The highest BCUT2D eigenvalue weighted by Crippen LogP contribution is 2.12. The second kappa shape index (κ2) is 7.73. The zero-order valence-corrected chi connectivity index (χ0v) is 14.9. The standard InChI is InChI=1S/C15H29NO4S/c1-11(10-21(6,7)19)8-9-13(12(2)17)16-14(18)20-15(3,4)5/h13,21H,1,8-10H2,2-7H3,(H,16,18). The van der Waals surface area contributed by atoms with E-state index >= 15 is 0 Å². The van der Waals surface area contributed by atoms with E-state index in [0.29, 0.717) is 18.6 Å². The lowest BCUT2D eigenvalue weighted by molar-refractivity contribution is -0.119. The molecule has 0 heterocycles. The van der Waals surface area contributed by atoms with Crippen molar-refractivity contribution in [1.29, 1.82) is 0 Å². The van der Waals surface area contributed by atoms with E-state index in [2.05, 4.69) is 11.9 Å². The molecule has 1 unspecified atom stereocenters. The van der Waals surface area contributed by atoms with E-state index in [9.17, 15) is 13.8 Å². The van der Waals surface area contributed by atoms with Gasteiger partial charge < -0.3 is 10.1 Å². The SMILES string of the molecule is C=C(CCC(NC(=O)OC(C)(C)C)C(C)=O)C[SH](C)(C)=O. The van der Waals surface area contributed by atoms with Crippen LogP contribution in [0.25, 0.3) is 0 Å². The third-order valence-corrected chi connectivity index (χ3v) is 3.78. The number of carbonyl (C=O) groups excluding carboxylic acids is 2. The smallest absolute Gasteiger partial charge is 0.408 e. The van der Waals surface area contributed by atoms with Gasteiger partial charge >= 0.3 is 6.09 Å². The summed E-state index contributed by atoms with van der Waals surface area (Å²) in [6.07, 6.45) is 3.79. The molecular formula is C15H29NO4S. The van der Waals surface area contributed by atoms with Crippen LogP contribution in [-0.2, 0) is 19.5 Å². The number of nitrogens with one attached hydrogen (secondary N) is 1. The normalized spacial score (nSPS) is 14.2. The van der Waals surface area contributed by atoms with Gasteiger partial charge in [0.25, 0.3) is 0 Å². The molecule has 1 N–H and O–H groups in total. The summed E-state index contributed by atoms with van der Waals surface area (Å²) >= 11 is 0. The van der Waals surface area contributed by atoms with E-state index in [4.69, 9.17) is 4.74 Å². The zero-order valence-electron chi connectivity index (χ0n) is 14.0. The van der Waals surface area contributed by atoms with Gasteiger partial charge in [0.05, 0.1) is 6.04 Å². The van der Waals surface area contributed by atoms with Gasteiger partial charge in [0, 0.05) is 5.75 Å². The Balaban J connectivity index is 4.45. The number of alkyl carbamates (subject to hydrolysis) is 1. The van der Waals surface area contributed by atoms with E-state index in [1.165, 1.54) is 6.92 Å². The number of thiol groups is 1. The Morgan fingerprint density at radius 2 is 1.81 bits per heavy atom. The molecule has 0 saturated carbocycles. The monoisotopic (exact) mass is 319 g/mol. The molecule has 0 aliphatic heterocycles. The Labute approximate surface area is 128 Å². The van der Waals surface area contributed by atoms with Crippen LogP contribution in [0, 0.1) is 0 Å². The molecule has 0 aliphatic rings. The first-order valence-corrected chi connectivity index (χ1v) is 9.79. The highest BCUT2D eigenvalue weighted by Gasteiger charge is 2.22. The summed E-state index contributed by atoms with van der Waals surface area (Å²) < 4.78 is 16.9. The Hall–Kier alpha value is -1.17. The molecule has 0 aliphatic carbocycles. The summed E-state index contributed by atoms with van der Waals surface area (Å²) in [5, 5.41) is 2.57. The van der Waals surface area contributed by atoms with Crippen LogP contribution in [0.4, 0.5) is 4.79 Å². The molecular weight excluding hydrogens is 290 g/mol. The molecule has 0 rings (SSSR count). The fourth-order valence-corrected chi connectivity index (χ4v) is 3.03. The highest BCUT2D eigenvalue weighted by atomic mass is 32.2. The Morgan fingerprint density at radius 1 is 1.29 bits per heavy atom. The fourth-order valence-electron chi connectivity index (χ4n) is 1.79. The largest absolute Gasteiger partial charge is 0.444 e. The first-order chi connectivity index (χ1) is 9.30. The van der Waals surface area contributed by atoms with Crippen LogP contribution >= 0.6 is 0 Å². The molecule has 1 amide bonds. The van der Waals surface area contributed by atoms with Crippen LogP contribution in [0.15, 0.2) is 12.2 Å².